The molecule has 0 saturated heterocycles. The van der Waals surface area contributed by atoms with E-state index in [4.69, 9.17) is 9.47 Å². The van der Waals surface area contributed by atoms with Gasteiger partial charge in [0.05, 0.1) is 19.4 Å². The standard InChI is InChI=1S/C23H30O4/c1-3-5-8-18(4-2)16-26-22(24)13-14-23(25)27-17-19-11-12-20-9-6-7-10-21(20)15-19/h6-7,9-12,15,18H,3-5,8,13-14,16-17H2,1-2H3. The second-order valence-corrected chi connectivity index (χ2v) is 6.94. The Kier molecular flexibility index (Phi) is 8.82. The molecule has 0 amide bonds. The molecule has 4 heteroatoms. The highest BCUT2D eigenvalue weighted by Gasteiger charge is 2.12. The van der Waals surface area contributed by atoms with Gasteiger partial charge in [-0.2, -0.15) is 0 Å². The van der Waals surface area contributed by atoms with Crippen LogP contribution in [0.15, 0.2) is 42.5 Å². The van der Waals surface area contributed by atoms with E-state index in [-0.39, 0.29) is 31.4 Å². The molecule has 2 aromatic rings. The fourth-order valence-electron chi connectivity index (χ4n) is 2.95. The van der Waals surface area contributed by atoms with E-state index in [1.807, 2.05) is 42.5 Å². The molecule has 0 aliphatic carbocycles. The fraction of sp³-hybridized carbons (Fsp3) is 0.478. The lowest BCUT2D eigenvalue weighted by Crippen LogP contribution is -2.15. The maximum Gasteiger partial charge on any atom is 0.306 e. The molecule has 146 valence electrons. The Morgan fingerprint density at radius 2 is 1.63 bits per heavy atom. The van der Waals surface area contributed by atoms with Gasteiger partial charge in [0, 0.05) is 0 Å². The quantitative estimate of drug-likeness (QED) is 0.495. The Morgan fingerprint density at radius 1 is 0.926 bits per heavy atom. The van der Waals surface area contributed by atoms with Crippen molar-refractivity contribution in [2.75, 3.05) is 6.61 Å². The number of esters is 2. The van der Waals surface area contributed by atoms with Crippen LogP contribution in [-0.2, 0) is 25.7 Å². The average Bonchev–Trinajstić information content (AvgIpc) is 2.70. The Morgan fingerprint density at radius 3 is 2.33 bits per heavy atom. The molecule has 0 N–H and O–H groups in total. The summed E-state index contributed by atoms with van der Waals surface area (Å²) in [5.74, 6) is -0.292. The Balaban J connectivity index is 1.68. The Bertz CT molecular complexity index is 738. The Labute approximate surface area is 161 Å². The van der Waals surface area contributed by atoms with Gasteiger partial charge in [0.2, 0.25) is 0 Å². The number of hydrogen-bond donors (Lipinski definition) is 0. The van der Waals surface area contributed by atoms with Crippen LogP contribution in [-0.4, -0.2) is 18.5 Å². The van der Waals surface area contributed by atoms with Crippen LogP contribution < -0.4 is 0 Å². The topological polar surface area (TPSA) is 52.6 Å². The van der Waals surface area contributed by atoms with Gasteiger partial charge in [-0.3, -0.25) is 9.59 Å². The molecule has 0 fully saturated rings. The van der Waals surface area contributed by atoms with E-state index in [0.29, 0.717) is 12.5 Å². The number of rotatable bonds is 11. The number of fused-ring (bicyclic) bond motifs is 1. The van der Waals surface area contributed by atoms with Crippen molar-refractivity contribution in [1.82, 2.24) is 0 Å². The third kappa shape index (κ3) is 7.41. The summed E-state index contributed by atoms with van der Waals surface area (Å²) in [6.07, 6.45) is 4.50. The van der Waals surface area contributed by atoms with Gasteiger partial charge in [-0.25, -0.2) is 0 Å². The third-order valence-corrected chi connectivity index (χ3v) is 4.77. The minimum absolute atomic E-state index is 0.0537. The highest BCUT2D eigenvalue weighted by molar-refractivity contribution is 5.83. The summed E-state index contributed by atoms with van der Waals surface area (Å²) in [6.45, 7) is 4.93. The van der Waals surface area contributed by atoms with Crippen molar-refractivity contribution in [3.63, 3.8) is 0 Å². The SMILES string of the molecule is CCCCC(CC)COC(=O)CCC(=O)OCc1ccc2ccccc2c1. The minimum Gasteiger partial charge on any atom is -0.465 e. The highest BCUT2D eigenvalue weighted by atomic mass is 16.5. The number of carbonyl (C=O) groups is 2. The smallest absolute Gasteiger partial charge is 0.306 e. The summed E-state index contributed by atoms with van der Waals surface area (Å²) >= 11 is 0. The highest BCUT2D eigenvalue weighted by Crippen LogP contribution is 2.16. The molecule has 2 aromatic carbocycles. The van der Waals surface area contributed by atoms with E-state index < -0.39 is 0 Å². The van der Waals surface area contributed by atoms with Gasteiger partial charge in [0.25, 0.3) is 0 Å². The summed E-state index contributed by atoms with van der Waals surface area (Å²) in [7, 11) is 0. The number of benzene rings is 2. The van der Waals surface area contributed by atoms with Crippen molar-refractivity contribution in [2.45, 2.75) is 59.0 Å². The van der Waals surface area contributed by atoms with E-state index in [1.54, 1.807) is 0 Å². The van der Waals surface area contributed by atoms with E-state index in [0.717, 1.165) is 42.0 Å². The maximum absolute atomic E-state index is 11.9. The first-order valence-electron chi connectivity index (χ1n) is 9.91. The summed E-state index contributed by atoms with van der Waals surface area (Å²) in [6, 6.07) is 14.0. The minimum atomic E-state index is -0.377. The maximum atomic E-state index is 11.9. The zero-order valence-electron chi connectivity index (χ0n) is 16.4. The van der Waals surface area contributed by atoms with Crippen molar-refractivity contribution in [1.29, 1.82) is 0 Å². The van der Waals surface area contributed by atoms with Gasteiger partial charge >= 0.3 is 11.9 Å². The zero-order chi connectivity index (χ0) is 19.5. The van der Waals surface area contributed by atoms with E-state index in [2.05, 4.69) is 13.8 Å². The van der Waals surface area contributed by atoms with Gasteiger partial charge < -0.3 is 9.47 Å². The molecular formula is C23H30O4. The molecule has 0 heterocycles. The van der Waals surface area contributed by atoms with Crippen LogP contribution in [0.25, 0.3) is 10.8 Å². The normalized spacial score (nSPS) is 11.9. The van der Waals surface area contributed by atoms with Crippen molar-refractivity contribution < 1.29 is 19.1 Å². The van der Waals surface area contributed by atoms with Crippen LogP contribution >= 0.6 is 0 Å². The number of ether oxygens (including phenoxy) is 2. The molecule has 0 bridgehead atoms. The predicted octanol–water partition coefficient (Wildman–Crippen LogP) is 5.42. The van der Waals surface area contributed by atoms with E-state index in [9.17, 15) is 9.59 Å². The molecule has 0 saturated carbocycles. The zero-order valence-corrected chi connectivity index (χ0v) is 16.4. The van der Waals surface area contributed by atoms with Crippen LogP contribution in [0.4, 0.5) is 0 Å². The second-order valence-electron chi connectivity index (χ2n) is 6.94. The number of unbranched alkanes of at least 4 members (excludes halogenated alkanes) is 1. The van der Waals surface area contributed by atoms with Crippen molar-refractivity contribution >= 4 is 22.7 Å². The Hall–Kier alpha value is -2.36. The van der Waals surface area contributed by atoms with E-state index >= 15 is 0 Å². The van der Waals surface area contributed by atoms with Gasteiger partial charge in [0.15, 0.2) is 0 Å². The van der Waals surface area contributed by atoms with Gasteiger partial charge in [-0.1, -0.05) is 69.5 Å². The van der Waals surface area contributed by atoms with Gasteiger partial charge in [0.1, 0.15) is 6.61 Å². The first kappa shape index (κ1) is 20.9. The first-order valence-corrected chi connectivity index (χ1v) is 9.91. The van der Waals surface area contributed by atoms with Gasteiger partial charge in [-0.05, 0) is 34.7 Å². The number of carbonyl (C=O) groups excluding carboxylic acids is 2. The lowest BCUT2D eigenvalue weighted by molar-refractivity contribution is -0.151. The largest absolute Gasteiger partial charge is 0.465 e. The molecule has 0 radical (unpaired) electrons. The molecule has 4 nitrogen and oxygen atoms in total. The van der Waals surface area contributed by atoms with Crippen LogP contribution in [0.2, 0.25) is 0 Å². The molecule has 2 rings (SSSR count). The number of hydrogen-bond acceptors (Lipinski definition) is 4. The van der Waals surface area contributed by atoms with E-state index in [1.165, 1.54) is 0 Å². The van der Waals surface area contributed by atoms with Crippen molar-refractivity contribution in [2.24, 2.45) is 5.92 Å². The summed E-state index contributed by atoms with van der Waals surface area (Å²) in [5.41, 5.74) is 0.936. The molecule has 1 unspecified atom stereocenters. The summed E-state index contributed by atoms with van der Waals surface area (Å²) in [5, 5.41) is 2.27. The van der Waals surface area contributed by atoms with Crippen LogP contribution in [0.1, 0.15) is 57.9 Å². The van der Waals surface area contributed by atoms with Crippen LogP contribution in [0.3, 0.4) is 0 Å². The summed E-state index contributed by atoms with van der Waals surface area (Å²) in [4.78, 5) is 23.7. The molecule has 0 aliphatic rings. The molecule has 0 aliphatic heterocycles. The summed E-state index contributed by atoms with van der Waals surface area (Å²) < 4.78 is 10.6. The molecule has 27 heavy (non-hydrogen) atoms. The van der Waals surface area contributed by atoms with Crippen LogP contribution in [0, 0.1) is 5.92 Å². The lowest BCUT2D eigenvalue weighted by atomic mass is 10.0. The fourth-order valence-corrected chi connectivity index (χ4v) is 2.95. The first-order chi connectivity index (χ1) is 13.1. The second kappa shape index (κ2) is 11.4. The molecule has 0 spiro atoms. The van der Waals surface area contributed by atoms with Crippen molar-refractivity contribution in [3.05, 3.63) is 48.0 Å². The van der Waals surface area contributed by atoms with Crippen molar-refractivity contribution in [3.8, 4) is 0 Å². The third-order valence-electron chi connectivity index (χ3n) is 4.77. The lowest BCUT2D eigenvalue weighted by Gasteiger charge is -2.14. The monoisotopic (exact) mass is 370 g/mol. The average molecular weight is 370 g/mol. The predicted molar refractivity (Wildman–Crippen MR) is 107 cm³/mol. The van der Waals surface area contributed by atoms with Crippen LogP contribution in [0.5, 0.6) is 0 Å². The van der Waals surface area contributed by atoms with Gasteiger partial charge in [-0.15, -0.1) is 0 Å². The molecule has 0 aromatic heterocycles. The molecule has 1 atom stereocenters. The molecular weight excluding hydrogens is 340 g/mol.